The first kappa shape index (κ1) is 23.9. The zero-order chi connectivity index (χ0) is 24.0. The number of nitrogens with one attached hydrogen (secondary N) is 1. The van der Waals surface area contributed by atoms with Crippen molar-refractivity contribution in [2.75, 3.05) is 18.4 Å². The van der Waals surface area contributed by atoms with Gasteiger partial charge in [-0.15, -0.1) is 0 Å². The van der Waals surface area contributed by atoms with Crippen LogP contribution in [0.3, 0.4) is 0 Å². The summed E-state index contributed by atoms with van der Waals surface area (Å²) < 4.78 is 53.9. The predicted octanol–water partition coefficient (Wildman–Crippen LogP) is 4.49. The molecule has 3 aromatic carbocycles. The monoisotopic (exact) mass is 459 g/mol. The second-order valence-corrected chi connectivity index (χ2v) is 7.34. The third-order valence-electron chi connectivity index (χ3n) is 4.71. The number of halogens is 4. The maximum atomic E-state index is 13.6. The molecule has 0 aromatic heterocycles. The molecular weight excluding hydrogens is 438 g/mol. The van der Waals surface area contributed by atoms with E-state index in [2.05, 4.69) is 5.32 Å². The minimum atomic E-state index is -0.878. The highest BCUT2D eigenvalue weighted by atomic mass is 19.1. The minimum Gasteiger partial charge on any atom is -0.334 e. The van der Waals surface area contributed by atoms with Gasteiger partial charge >= 0.3 is 0 Å². The van der Waals surface area contributed by atoms with E-state index < -0.39 is 35.1 Å². The van der Waals surface area contributed by atoms with E-state index in [1.54, 1.807) is 24.3 Å². The fourth-order valence-corrected chi connectivity index (χ4v) is 3.25. The van der Waals surface area contributed by atoms with Gasteiger partial charge in [0.1, 0.15) is 23.3 Å². The van der Waals surface area contributed by atoms with Crippen LogP contribution in [0.5, 0.6) is 0 Å². The Labute approximate surface area is 187 Å². The highest BCUT2D eigenvalue weighted by molar-refractivity contribution is 6.04. The number of benzene rings is 3. The first-order valence-corrected chi connectivity index (χ1v) is 10.1. The van der Waals surface area contributed by atoms with Crippen molar-refractivity contribution in [1.82, 2.24) is 4.90 Å². The molecule has 3 N–H and O–H groups in total. The molecule has 5 nitrogen and oxygen atoms in total. The van der Waals surface area contributed by atoms with E-state index in [1.165, 1.54) is 4.90 Å². The van der Waals surface area contributed by atoms with Gasteiger partial charge in [-0.1, -0.05) is 12.1 Å². The van der Waals surface area contributed by atoms with E-state index in [0.717, 1.165) is 24.3 Å². The first-order valence-electron chi connectivity index (χ1n) is 10.1. The molecule has 9 heteroatoms. The van der Waals surface area contributed by atoms with Gasteiger partial charge in [-0.05, 0) is 54.9 Å². The third kappa shape index (κ3) is 6.63. The summed E-state index contributed by atoms with van der Waals surface area (Å²) in [5.74, 6) is -4.77. The molecule has 0 bridgehead atoms. The van der Waals surface area contributed by atoms with Gasteiger partial charge in [0.2, 0.25) is 0 Å². The molecule has 0 saturated carbocycles. The van der Waals surface area contributed by atoms with Crippen molar-refractivity contribution >= 4 is 17.5 Å². The van der Waals surface area contributed by atoms with E-state index in [-0.39, 0.29) is 24.2 Å². The Morgan fingerprint density at radius 2 is 1.39 bits per heavy atom. The quantitative estimate of drug-likeness (QED) is 0.488. The highest BCUT2D eigenvalue weighted by Gasteiger charge is 2.18. The van der Waals surface area contributed by atoms with Crippen LogP contribution in [-0.2, 0) is 6.54 Å². The predicted molar refractivity (Wildman–Crippen MR) is 116 cm³/mol. The van der Waals surface area contributed by atoms with E-state index in [1.807, 2.05) is 0 Å². The molecular formula is C24H21F4N3O2. The molecule has 2 amide bonds. The van der Waals surface area contributed by atoms with Crippen LogP contribution in [0, 0.1) is 23.3 Å². The molecule has 0 radical (unpaired) electrons. The molecule has 0 unspecified atom stereocenters. The van der Waals surface area contributed by atoms with Crippen molar-refractivity contribution in [3.63, 3.8) is 0 Å². The summed E-state index contributed by atoms with van der Waals surface area (Å²) in [6, 6.07) is 11.6. The van der Waals surface area contributed by atoms with Crippen molar-refractivity contribution in [3.8, 4) is 0 Å². The van der Waals surface area contributed by atoms with Crippen molar-refractivity contribution in [2.24, 2.45) is 5.73 Å². The summed E-state index contributed by atoms with van der Waals surface area (Å²) in [5.41, 5.74) is 6.18. The van der Waals surface area contributed by atoms with Crippen LogP contribution in [0.4, 0.5) is 23.2 Å². The van der Waals surface area contributed by atoms with Gasteiger partial charge in [0, 0.05) is 42.0 Å². The van der Waals surface area contributed by atoms with Crippen molar-refractivity contribution in [3.05, 3.63) is 101 Å². The number of anilines is 1. The zero-order valence-electron chi connectivity index (χ0n) is 17.5. The lowest BCUT2D eigenvalue weighted by Crippen LogP contribution is -2.32. The summed E-state index contributed by atoms with van der Waals surface area (Å²) in [6.07, 6.45) is 0.463. The number of rotatable bonds is 8. The zero-order valence-corrected chi connectivity index (χ0v) is 17.5. The van der Waals surface area contributed by atoms with Gasteiger partial charge in [0.05, 0.1) is 0 Å². The van der Waals surface area contributed by atoms with Gasteiger partial charge in [-0.3, -0.25) is 9.59 Å². The van der Waals surface area contributed by atoms with Crippen molar-refractivity contribution in [2.45, 2.75) is 13.0 Å². The Kier molecular flexibility index (Phi) is 7.78. The minimum absolute atomic E-state index is 0.0786. The number of carbonyl (C=O) groups excluding carboxylic acids is 2. The maximum Gasteiger partial charge on any atom is 0.255 e. The molecule has 3 rings (SSSR count). The lowest BCUT2D eigenvalue weighted by molar-refractivity contribution is 0.0741. The average Bonchev–Trinajstić information content (AvgIpc) is 2.75. The van der Waals surface area contributed by atoms with E-state index in [9.17, 15) is 27.2 Å². The van der Waals surface area contributed by atoms with E-state index in [4.69, 9.17) is 5.73 Å². The van der Waals surface area contributed by atoms with Crippen LogP contribution >= 0.6 is 0 Å². The van der Waals surface area contributed by atoms with Crippen LogP contribution in [-0.4, -0.2) is 29.8 Å². The van der Waals surface area contributed by atoms with Crippen molar-refractivity contribution in [1.29, 1.82) is 0 Å². The standard InChI is InChI=1S/C24H21F4N3O2/c25-18-8-16(9-19(26)12-18)23(32)30-22-4-1-3-15(7-22)14-31(6-2-5-29)24(33)17-10-20(27)13-21(28)11-17/h1,3-4,7-13H,2,5-6,14,29H2,(H,30,32). The second kappa shape index (κ2) is 10.7. The van der Waals surface area contributed by atoms with Crippen LogP contribution < -0.4 is 11.1 Å². The highest BCUT2D eigenvalue weighted by Crippen LogP contribution is 2.18. The maximum absolute atomic E-state index is 13.6. The molecule has 0 atom stereocenters. The molecule has 0 aliphatic heterocycles. The Morgan fingerprint density at radius 3 is 1.97 bits per heavy atom. The van der Waals surface area contributed by atoms with Crippen LogP contribution in [0.25, 0.3) is 0 Å². The molecule has 0 spiro atoms. The molecule has 0 aliphatic carbocycles. The number of hydrogen-bond acceptors (Lipinski definition) is 3. The fraction of sp³-hybridized carbons (Fsp3) is 0.167. The van der Waals surface area contributed by atoms with Gasteiger partial charge in [0.25, 0.3) is 11.8 Å². The molecule has 0 aliphatic rings. The normalized spacial score (nSPS) is 10.7. The van der Waals surface area contributed by atoms with Crippen molar-refractivity contribution < 1.29 is 27.2 Å². The SMILES string of the molecule is NCCCN(Cc1cccc(NC(=O)c2cc(F)cc(F)c2)c1)C(=O)c1cc(F)cc(F)c1. The lowest BCUT2D eigenvalue weighted by Gasteiger charge is -2.23. The number of amides is 2. The Hall–Kier alpha value is -3.72. The van der Waals surface area contributed by atoms with E-state index >= 15 is 0 Å². The smallest absolute Gasteiger partial charge is 0.255 e. The third-order valence-corrected chi connectivity index (χ3v) is 4.71. The summed E-state index contributed by atoms with van der Waals surface area (Å²) >= 11 is 0. The number of nitrogens with two attached hydrogens (primary N) is 1. The van der Waals surface area contributed by atoms with Gasteiger partial charge in [-0.25, -0.2) is 17.6 Å². The Bertz CT molecular complexity index is 1130. The average molecular weight is 459 g/mol. The fourth-order valence-electron chi connectivity index (χ4n) is 3.25. The van der Waals surface area contributed by atoms with Crippen LogP contribution in [0.2, 0.25) is 0 Å². The summed E-state index contributed by atoms with van der Waals surface area (Å²) in [7, 11) is 0. The number of carbonyl (C=O) groups is 2. The van der Waals surface area contributed by atoms with Gasteiger partial charge in [-0.2, -0.15) is 0 Å². The molecule has 0 saturated heterocycles. The van der Waals surface area contributed by atoms with Crippen LogP contribution in [0.15, 0.2) is 60.7 Å². The largest absolute Gasteiger partial charge is 0.334 e. The topological polar surface area (TPSA) is 75.4 Å². The summed E-state index contributed by atoms with van der Waals surface area (Å²) in [5, 5.41) is 2.55. The number of hydrogen-bond donors (Lipinski definition) is 2. The first-order chi connectivity index (χ1) is 15.7. The molecule has 0 heterocycles. The molecule has 3 aromatic rings. The second-order valence-electron chi connectivity index (χ2n) is 7.34. The Morgan fingerprint density at radius 1 is 0.818 bits per heavy atom. The summed E-state index contributed by atoms with van der Waals surface area (Å²) in [6.45, 7) is 0.628. The van der Waals surface area contributed by atoms with Crippen LogP contribution in [0.1, 0.15) is 32.7 Å². The molecule has 33 heavy (non-hydrogen) atoms. The number of nitrogens with zero attached hydrogens (tertiary/aromatic N) is 1. The molecule has 0 fully saturated rings. The lowest BCUT2D eigenvalue weighted by atomic mass is 10.1. The van der Waals surface area contributed by atoms with Gasteiger partial charge < -0.3 is 16.0 Å². The summed E-state index contributed by atoms with van der Waals surface area (Å²) in [4.78, 5) is 26.6. The van der Waals surface area contributed by atoms with Gasteiger partial charge in [0.15, 0.2) is 0 Å². The molecule has 172 valence electrons. The Balaban J connectivity index is 1.79. The van der Waals surface area contributed by atoms with E-state index in [0.29, 0.717) is 36.3 Å².